The van der Waals surface area contributed by atoms with E-state index in [0.717, 1.165) is 11.1 Å². The van der Waals surface area contributed by atoms with Gasteiger partial charge in [0.25, 0.3) is 0 Å². The molecule has 0 amide bonds. The van der Waals surface area contributed by atoms with E-state index in [2.05, 4.69) is 34.9 Å². The van der Waals surface area contributed by atoms with E-state index in [-0.39, 0.29) is 35.0 Å². The number of aryl methyl sites for hydroxylation is 1. The summed E-state index contributed by atoms with van der Waals surface area (Å²) in [6, 6.07) is 7.59. The second-order valence-corrected chi connectivity index (χ2v) is 11.0. The molecule has 1 aromatic carbocycles. The van der Waals surface area contributed by atoms with Crippen LogP contribution in [-0.2, 0) is 21.2 Å². The summed E-state index contributed by atoms with van der Waals surface area (Å²) in [5, 5.41) is 7.39. The second kappa shape index (κ2) is 11.0. The van der Waals surface area contributed by atoms with Crippen molar-refractivity contribution < 1.29 is 27.4 Å². The average Bonchev–Trinajstić information content (AvgIpc) is 3.57. The largest absolute Gasteiger partial charge is 0.482 e. The molecule has 3 atom stereocenters. The van der Waals surface area contributed by atoms with E-state index in [0.29, 0.717) is 12.2 Å². The highest BCUT2D eigenvalue weighted by atomic mass is 32.2. The van der Waals surface area contributed by atoms with Gasteiger partial charge in [0.05, 0.1) is 14.2 Å². The van der Waals surface area contributed by atoms with E-state index in [1.54, 1.807) is 12.4 Å². The van der Waals surface area contributed by atoms with Crippen molar-refractivity contribution in [3.8, 4) is 23.2 Å². The van der Waals surface area contributed by atoms with Crippen molar-refractivity contribution >= 4 is 16.0 Å². The van der Waals surface area contributed by atoms with Crippen LogP contribution < -0.4 is 18.9 Å². The molecule has 0 saturated carbocycles. The van der Waals surface area contributed by atoms with E-state index in [1.165, 1.54) is 39.1 Å². The summed E-state index contributed by atoms with van der Waals surface area (Å²) in [5.41, 5.74) is 2.00. The van der Waals surface area contributed by atoms with Crippen LogP contribution in [0.15, 0.2) is 43.0 Å². The van der Waals surface area contributed by atoms with Gasteiger partial charge in [-0.05, 0) is 31.0 Å². The van der Waals surface area contributed by atoms with E-state index in [9.17, 15) is 8.42 Å². The summed E-state index contributed by atoms with van der Waals surface area (Å²) >= 11 is 0. The average molecular weight is 569 g/mol. The third kappa shape index (κ3) is 5.00. The number of benzene rings is 1. The smallest absolute Gasteiger partial charge is 0.245 e. The van der Waals surface area contributed by atoms with Crippen molar-refractivity contribution in [1.82, 2.24) is 34.7 Å². The van der Waals surface area contributed by atoms with Crippen LogP contribution in [-0.4, -0.2) is 69.7 Å². The number of methoxy groups -OCH3 is 3. The molecule has 0 bridgehead atoms. The molecular formula is C25H28N8O6S. The van der Waals surface area contributed by atoms with Crippen LogP contribution >= 0.6 is 0 Å². The molecule has 4 aromatic rings. The first-order chi connectivity index (χ1) is 19.3. The molecule has 40 heavy (non-hydrogen) atoms. The SMILES string of the molecule is COc1ncnc(OC)c1-n1c(NS(=O)(=O)C(C)C(OC)c2ncc(C)cn2)nnc1[C@H]1Cc2ccccc2O1. The van der Waals surface area contributed by atoms with Gasteiger partial charge in [-0.2, -0.15) is 9.97 Å². The zero-order valence-electron chi connectivity index (χ0n) is 22.5. The van der Waals surface area contributed by atoms with Crippen LogP contribution in [0, 0.1) is 6.92 Å². The van der Waals surface area contributed by atoms with E-state index in [1.807, 2.05) is 31.2 Å². The standard InChI is InChI=1S/C25H28N8O6S/c1-14-11-26-21(27-12-14)20(36-3)15(2)40(34,35)32-25-31-30-22(18-10-16-8-6-7-9-17(16)39-18)33(25)19-23(37-4)28-13-29-24(19)38-5/h6-9,11-13,15,18,20H,10H2,1-5H3,(H,31,32)/t15?,18-,20?/m1/s1. The number of anilines is 1. The van der Waals surface area contributed by atoms with Crippen LogP contribution in [0.25, 0.3) is 5.69 Å². The fourth-order valence-electron chi connectivity index (χ4n) is 4.39. The van der Waals surface area contributed by atoms with Crippen LogP contribution in [0.5, 0.6) is 17.5 Å². The first-order valence-electron chi connectivity index (χ1n) is 12.2. The molecule has 0 spiro atoms. The van der Waals surface area contributed by atoms with Crippen molar-refractivity contribution in [3.63, 3.8) is 0 Å². The predicted octanol–water partition coefficient (Wildman–Crippen LogP) is 2.37. The minimum atomic E-state index is -4.16. The van der Waals surface area contributed by atoms with Gasteiger partial charge in [-0.3, -0.25) is 9.29 Å². The molecular weight excluding hydrogens is 540 g/mol. The third-order valence-electron chi connectivity index (χ3n) is 6.45. The van der Waals surface area contributed by atoms with Crippen LogP contribution in [0.3, 0.4) is 0 Å². The molecule has 0 saturated heterocycles. The Morgan fingerprint density at radius 3 is 2.33 bits per heavy atom. The molecule has 0 aliphatic carbocycles. The monoisotopic (exact) mass is 568 g/mol. The zero-order valence-corrected chi connectivity index (χ0v) is 23.3. The highest BCUT2D eigenvalue weighted by molar-refractivity contribution is 7.93. The Labute approximate surface area is 230 Å². The van der Waals surface area contributed by atoms with E-state index in [4.69, 9.17) is 18.9 Å². The minimum absolute atomic E-state index is 0.111. The topological polar surface area (TPSA) is 165 Å². The second-order valence-electron chi connectivity index (χ2n) is 9.00. The molecule has 14 nitrogen and oxygen atoms in total. The molecule has 4 heterocycles. The summed E-state index contributed by atoms with van der Waals surface area (Å²) in [5.74, 6) is 1.29. The number of fused-ring (bicyclic) bond motifs is 1. The molecule has 3 aromatic heterocycles. The molecule has 15 heteroatoms. The third-order valence-corrected chi connectivity index (χ3v) is 8.14. The summed E-state index contributed by atoms with van der Waals surface area (Å²) in [6.07, 6.45) is 3.37. The quantitative estimate of drug-likeness (QED) is 0.297. The summed E-state index contributed by atoms with van der Waals surface area (Å²) in [4.78, 5) is 16.9. The Kier molecular flexibility index (Phi) is 7.49. The van der Waals surface area contributed by atoms with Gasteiger partial charge >= 0.3 is 0 Å². The van der Waals surface area contributed by atoms with Gasteiger partial charge in [-0.25, -0.2) is 18.4 Å². The van der Waals surface area contributed by atoms with Gasteiger partial charge in [-0.1, -0.05) is 18.2 Å². The number of hydrogen-bond donors (Lipinski definition) is 1. The lowest BCUT2D eigenvalue weighted by Gasteiger charge is -2.23. The van der Waals surface area contributed by atoms with Gasteiger partial charge in [0.2, 0.25) is 27.7 Å². The predicted molar refractivity (Wildman–Crippen MR) is 142 cm³/mol. The first-order valence-corrected chi connectivity index (χ1v) is 13.8. The molecule has 0 radical (unpaired) electrons. The van der Waals surface area contributed by atoms with Crippen molar-refractivity contribution in [2.75, 3.05) is 26.1 Å². The minimum Gasteiger partial charge on any atom is -0.482 e. The summed E-state index contributed by atoms with van der Waals surface area (Å²) in [7, 11) is 0.0865. The maximum Gasteiger partial charge on any atom is 0.245 e. The highest BCUT2D eigenvalue weighted by Crippen LogP contribution is 2.40. The number of para-hydroxylation sites is 1. The normalized spacial score (nSPS) is 16.1. The first kappa shape index (κ1) is 27.2. The Balaban J connectivity index is 1.58. The van der Waals surface area contributed by atoms with Gasteiger partial charge in [0, 0.05) is 25.9 Å². The fourth-order valence-corrected chi connectivity index (χ4v) is 5.53. The van der Waals surface area contributed by atoms with E-state index >= 15 is 0 Å². The maximum atomic E-state index is 13.7. The Morgan fingerprint density at radius 1 is 1.02 bits per heavy atom. The number of ether oxygens (including phenoxy) is 4. The summed E-state index contributed by atoms with van der Waals surface area (Å²) in [6.45, 7) is 3.32. The Hall–Kier alpha value is -4.37. The van der Waals surface area contributed by atoms with Crippen molar-refractivity contribution in [1.29, 1.82) is 0 Å². The van der Waals surface area contributed by atoms with Crippen LogP contribution in [0.2, 0.25) is 0 Å². The number of nitrogens with zero attached hydrogens (tertiary/aromatic N) is 7. The number of hydrogen-bond acceptors (Lipinski definition) is 12. The van der Waals surface area contributed by atoms with Gasteiger partial charge in [-0.15, -0.1) is 10.2 Å². The molecule has 0 fully saturated rings. The number of rotatable bonds is 10. The molecule has 1 aliphatic heterocycles. The number of sulfonamides is 1. The number of nitrogens with one attached hydrogen (secondary N) is 1. The van der Waals surface area contributed by atoms with Crippen LogP contribution in [0.4, 0.5) is 5.95 Å². The molecule has 2 unspecified atom stereocenters. The van der Waals surface area contributed by atoms with Crippen molar-refractivity contribution in [3.05, 3.63) is 65.8 Å². The van der Waals surface area contributed by atoms with E-state index < -0.39 is 27.5 Å². The maximum absolute atomic E-state index is 13.7. The lowest BCUT2D eigenvalue weighted by atomic mass is 10.1. The number of aromatic nitrogens is 7. The van der Waals surface area contributed by atoms with Gasteiger partial charge < -0.3 is 18.9 Å². The van der Waals surface area contributed by atoms with Crippen LogP contribution in [0.1, 0.15) is 41.9 Å². The lowest BCUT2D eigenvalue weighted by Crippen LogP contribution is -2.33. The zero-order chi connectivity index (χ0) is 28.4. The Morgan fingerprint density at radius 2 is 1.70 bits per heavy atom. The summed E-state index contributed by atoms with van der Waals surface area (Å²) < 4.78 is 54.0. The van der Waals surface area contributed by atoms with Gasteiger partial charge in [0.15, 0.2) is 23.4 Å². The molecule has 210 valence electrons. The molecule has 1 aliphatic rings. The van der Waals surface area contributed by atoms with Gasteiger partial charge in [0.1, 0.15) is 23.4 Å². The highest BCUT2D eigenvalue weighted by Gasteiger charge is 2.37. The lowest BCUT2D eigenvalue weighted by molar-refractivity contribution is 0.0949. The van der Waals surface area contributed by atoms with Crippen molar-refractivity contribution in [2.24, 2.45) is 0 Å². The van der Waals surface area contributed by atoms with Crippen molar-refractivity contribution in [2.45, 2.75) is 37.7 Å². The molecule has 5 rings (SSSR count). The Bertz CT molecular complexity index is 1560. The fraction of sp³-hybridized carbons (Fsp3) is 0.360. The molecule has 1 N–H and O–H groups in total.